The van der Waals surface area contributed by atoms with E-state index < -0.39 is 5.91 Å². The fourth-order valence-electron chi connectivity index (χ4n) is 2.06. The predicted octanol–water partition coefficient (Wildman–Crippen LogP) is 5.21. The number of nitrogens with one attached hydrogen (secondary N) is 1. The van der Waals surface area contributed by atoms with Crippen LogP contribution in [-0.2, 0) is 0 Å². The number of carbonyl (C=O) groups is 1. The first kappa shape index (κ1) is 16.8. The molecule has 0 bridgehead atoms. The lowest BCUT2D eigenvalue weighted by atomic mass is 10.1. The second-order valence-corrected chi connectivity index (χ2v) is 6.85. The molecule has 1 aromatic carbocycles. The summed E-state index contributed by atoms with van der Waals surface area (Å²) in [5.74, 6) is -0.816. The van der Waals surface area contributed by atoms with Gasteiger partial charge in [-0.3, -0.25) is 10.1 Å². The molecule has 4 nitrogen and oxygen atoms in total. The lowest BCUT2D eigenvalue weighted by Crippen LogP contribution is -2.14. The van der Waals surface area contributed by atoms with E-state index in [9.17, 15) is 9.18 Å². The van der Waals surface area contributed by atoms with Gasteiger partial charge in [-0.05, 0) is 43.3 Å². The number of amides is 1. The molecule has 2 heterocycles. The monoisotopic (exact) mass is 381 g/mol. The van der Waals surface area contributed by atoms with Crippen molar-refractivity contribution < 1.29 is 9.18 Å². The van der Waals surface area contributed by atoms with Crippen LogP contribution in [0.15, 0.2) is 36.4 Å². The predicted molar refractivity (Wildman–Crippen MR) is 94.5 cm³/mol. The van der Waals surface area contributed by atoms with Crippen LogP contribution in [0.1, 0.15) is 15.4 Å². The van der Waals surface area contributed by atoms with Gasteiger partial charge in [0.2, 0.25) is 0 Å². The maximum absolute atomic E-state index is 13.0. The maximum atomic E-state index is 13.0. The zero-order valence-electron chi connectivity index (χ0n) is 12.3. The van der Waals surface area contributed by atoms with Crippen LogP contribution in [0.25, 0.3) is 11.3 Å². The standard InChI is InChI=1S/C16H10Cl2FN3OS/c1-8-13(9-2-4-10(19)5-3-9)21-16(24-8)22-15(23)14-11(17)6-7-12(18)20-14/h2-7H,1H3,(H,21,22,23). The van der Waals surface area contributed by atoms with Gasteiger partial charge in [0.1, 0.15) is 16.7 Å². The number of halogens is 3. The number of hydrogen-bond acceptors (Lipinski definition) is 4. The molecule has 3 aromatic rings. The van der Waals surface area contributed by atoms with Gasteiger partial charge in [0.25, 0.3) is 5.91 Å². The first-order chi connectivity index (χ1) is 11.4. The van der Waals surface area contributed by atoms with Crippen LogP contribution < -0.4 is 5.32 Å². The highest BCUT2D eigenvalue weighted by Crippen LogP contribution is 2.31. The zero-order valence-corrected chi connectivity index (χ0v) is 14.6. The van der Waals surface area contributed by atoms with Gasteiger partial charge in [-0.15, -0.1) is 11.3 Å². The maximum Gasteiger partial charge on any atom is 0.277 e. The Morgan fingerprint density at radius 2 is 1.83 bits per heavy atom. The highest BCUT2D eigenvalue weighted by molar-refractivity contribution is 7.16. The Morgan fingerprint density at radius 3 is 2.54 bits per heavy atom. The summed E-state index contributed by atoms with van der Waals surface area (Å²) in [7, 11) is 0. The lowest BCUT2D eigenvalue weighted by Gasteiger charge is -2.03. The molecule has 0 aliphatic rings. The Labute approximate surface area is 151 Å². The van der Waals surface area contributed by atoms with Crippen LogP contribution in [0.5, 0.6) is 0 Å². The number of aromatic nitrogens is 2. The van der Waals surface area contributed by atoms with Crippen molar-refractivity contribution in [2.45, 2.75) is 6.92 Å². The van der Waals surface area contributed by atoms with E-state index in [-0.39, 0.29) is 21.7 Å². The van der Waals surface area contributed by atoms with Crippen LogP contribution in [-0.4, -0.2) is 15.9 Å². The lowest BCUT2D eigenvalue weighted by molar-refractivity contribution is 0.102. The average Bonchev–Trinajstić information content (AvgIpc) is 2.91. The summed E-state index contributed by atoms with van der Waals surface area (Å²) in [6, 6.07) is 9.00. The van der Waals surface area contributed by atoms with Gasteiger partial charge in [0.05, 0.1) is 10.7 Å². The normalized spacial score (nSPS) is 10.7. The van der Waals surface area contributed by atoms with Crippen molar-refractivity contribution in [3.8, 4) is 11.3 Å². The zero-order chi connectivity index (χ0) is 17.3. The average molecular weight is 382 g/mol. The number of rotatable bonds is 3. The minimum Gasteiger partial charge on any atom is -0.296 e. The number of nitrogens with zero attached hydrogens (tertiary/aromatic N) is 2. The topological polar surface area (TPSA) is 54.9 Å². The SMILES string of the molecule is Cc1sc(NC(=O)c2nc(Cl)ccc2Cl)nc1-c1ccc(F)cc1. The Hall–Kier alpha value is -2.02. The van der Waals surface area contributed by atoms with Crippen molar-refractivity contribution in [3.05, 3.63) is 63.0 Å². The van der Waals surface area contributed by atoms with Gasteiger partial charge in [-0.1, -0.05) is 23.2 Å². The Balaban J connectivity index is 1.86. The van der Waals surface area contributed by atoms with Crippen molar-refractivity contribution >= 4 is 45.6 Å². The molecule has 0 spiro atoms. The Kier molecular flexibility index (Phi) is 4.80. The van der Waals surface area contributed by atoms with Crippen molar-refractivity contribution in [2.75, 3.05) is 5.32 Å². The Bertz CT molecular complexity index is 912. The van der Waals surface area contributed by atoms with E-state index in [0.717, 1.165) is 10.4 Å². The smallest absolute Gasteiger partial charge is 0.277 e. The number of carbonyl (C=O) groups excluding carboxylic acids is 1. The third-order valence-electron chi connectivity index (χ3n) is 3.16. The van der Waals surface area contributed by atoms with E-state index >= 15 is 0 Å². The van der Waals surface area contributed by atoms with Crippen molar-refractivity contribution in [1.82, 2.24) is 9.97 Å². The third-order valence-corrected chi connectivity index (χ3v) is 4.56. The van der Waals surface area contributed by atoms with E-state index in [1.165, 1.54) is 35.6 Å². The molecular weight excluding hydrogens is 372 g/mol. The summed E-state index contributed by atoms with van der Waals surface area (Å²) in [5, 5.41) is 3.43. The Morgan fingerprint density at radius 1 is 1.12 bits per heavy atom. The number of hydrogen-bond donors (Lipinski definition) is 1. The molecule has 122 valence electrons. The molecule has 0 unspecified atom stereocenters. The molecule has 0 fully saturated rings. The molecule has 24 heavy (non-hydrogen) atoms. The quantitative estimate of drug-likeness (QED) is 0.633. The molecule has 3 rings (SSSR count). The van der Waals surface area contributed by atoms with Gasteiger partial charge in [-0.25, -0.2) is 14.4 Å². The number of aryl methyl sites for hydroxylation is 1. The van der Waals surface area contributed by atoms with E-state index in [2.05, 4.69) is 15.3 Å². The summed E-state index contributed by atoms with van der Waals surface area (Å²) in [5.41, 5.74) is 1.48. The first-order valence-corrected chi connectivity index (χ1v) is 8.38. The number of thiazole rings is 1. The molecule has 0 saturated heterocycles. The molecule has 0 radical (unpaired) electrons. The van der Waals surface area contributed by atoms with Gasteiger partial charge in [0.15, 0.2) is 5.13 Å². The van der Waals surface area contributed by atoms with Gasteiger partial charge < -0.3 is 0 Å². The van der Waals surface area contributed by atoms with Crippen LogP contribution in [0.3, 0.4) is 0 Å². The molecular formula is C16H10Cl2FN3OS. The molecule has 1 amide bonds. The van der Waals surface area contributed by atoms with Crippen LogP contribution in [0, 0.1) is 12.7 Å². The number of anilines is 1. The molecule has 0 atom stereocenters. The second kappa shape index (κ2) is 6.84. The van der Waals surface area contributed by atoms with Crippen LogP contribution in [0.2, 0.25) is 10.2 Å². The fraction of sp³-hybridized carbons (Fsp3) is 0.0625. The van der Waals surface area contributed by atoms with Gasteiger partial charge >= 0.3 is 0 Å². The van der Waals surface area contributed by atoms with Gasteiger partial charge in [-0.2, -0.15) is 0 Å². The minimum absolute atomic E-state index is 0.0281. The van der Waals surface area contributed by atoms with E-state index in [4.69, 9.17) is 23.2 Å². The summed E-state index contributed by atoms with van der Waals surface area (Å²) in [6.45, 7) is 1.87. The highest BCUT2D eigenvalue weighted by Gasteiger charge is 2.17. The molecule has 1 N–H and O–H groups in total. The van der Waals surface area contributed by atoms with E-state index in [1.54, 1.807) is 12.1 Å². The second-order valence-electron chi connectivity index (χ2n) is 4.85. The molecule has 0 aliphatic carbocycles. The van der Waals surface area contributed by atoms with Crippen LogP contribution >= 0.6 is 34.5 Å². The fourth-order valence-corrected chi connectivity index (χ4v) is 3.23. The number of benzene rings is 1. The van der Waals surface area contributed by atoms with Crippen molar-refractivity contribution in [3.63, 3.8) is 0 Å². The summed E-state index contributed by atoms with van der Waals surface area (Å²) in [6.07, 6.45) is 0. The summed E-state index contributed by atoms with van der Waals surface area (Å²) >= 11 is 13.1. The molecule has 8 heteroatoms. The van der Waals surface area contributed by atoms with Crippen molar-refractivity contribution in [1.29, 1.82) is 0 Å². The third kappa shape index (κ3) is 3.56. The van der Waals surface area contributed by atoms with E-state index in [1.807, 2.05) is 6.92 Å². The van der Waals surface area contributed by atoms with Gasteiger partial charge in [0, 0.05) is 10.4 Å². The molecule has 0 aliphatic heterocycles. The highest BCUT2D eigenvalue weighted by atomic mass is 35.5. The van der Waals surface area contributed by atoms with E-state index in [0.29, 0.717) is 10.8 Å². The van der Waals surface area contributed by atoms with Crippen LogP contribution in [0.4, 0.5) is 9.52 Å². The molecule has 2 aromatic heterocycles. The summed E-state index contributed by atoms with van der Waals surface area (Å²) < 4.78 is 13.0. The largest absolute Gasteiger partial charge is 0.296 e. The first-order valence-electron chi connectivity index (χ1n) is 6.81. The van der Waals surface area contributed by atoms with Crippen molar-refractivity contribution in [2.24, 2.45) is 0 Å². The minimum atomic E-state index is -0.498. The number of pyridine rings is 1. The summed E-state index contributed by atoms with van der Waals surface area (Å²) in [4.78, 5) is 21.5. The molecule has 0 saturated carbocycles.